The molecule has 2 fully saturated rings. The summed E-state index contributed by atoms with van der Waals surface area (Å²) in [7, 11) is 0. The number of hydrogen-bond acceptors (Lipinski definition) is 5. The minimum absolute atomic E-state index is 0. The van der Waals surface area contributed by atoms with Gasteiger partial charge in [0, 0.05) is 30.1 Å². The van der Waals surface area contributed by atoms with Crippen LogP contribution < -0.4 is 5.32 Å². The number of carbonyl (C=O) groups excluding carboxylic acids is 1. The minimum Gasteiger partial charge on any atom is -0.331 e. The average Bonchev–Trinajstić information content (AvgIpc) is 2.92. The van der Waals surface area contributed by atoms with E-state index in [4.69, 9.17) is 0 Å². The summed E-state index contributed by atoms with van der Waals surface area (Å²) in [6.45, 7) is 1.77. The predicted octanol–water partition coefficient (Wildman–Crippen LogP) is 2.04. The number of rotatable bonds is 2. The number of nitro groups is 1. The molecule has 1 amide bonds. The fourth-order valence-corrected chi connectivity index (χ4v) is 3.69. The Morgan fingerprint density at radius 1 is 1.40 bits per heavy atom. The largest absolute Gasteiger partial charge is 0.331 e. The van der Waals surface area contributed by atoms with Gasteiger partial charge in [0.1, 0.15) is 0 Å². The highest BCUT2D eigenvalue weighted by Gasteiger charge is 2.38. The maximum atomic E-state index is 12.5. The van der Waals surface area contributed by atoms with Crippen molar-refractivity contribution in [2.75, 3.05) is 13.1 Å². The molecule has 0 saturated carbocycles. The zero-order valence-corrected chi connectivity index (χ0v) is 12.4. The average molecular weight is 318 g/mol. The summed E-state index contributed by atoms with van der Waals surface area (Å²) < 4.78 is 0. The third-order valence-corrected chi connectivity index (χ3v) is 4.78. The molecule has 3 heterocycles. The monoisotopic (exact) mass is 317 g/mol. The Morgan fingerprint density at radius 2 is 2.15 bits per heavy atom. The first-order chi connectivity index (χ1) is 9.16. The molecule has 0 radical (unpaired) electrons. The van der Waals surface area contributed by atoms with Crippen LogP contribution in [-0.2, 0) is 0 Å². The first-order valence-corrected chi connectivity index (χ1v) is 7.31. The Hall–Kier alpha value is -1.18. The van der Waals surface area contributed by atoms with Crippen molar-refractivity contribution in [2.45, 2.75) is 31.3 Å². The summed E-state index contributed by atoms with van der Waals surface area (Å²) in [6.07, 6.45) is 3.04. The Kier molecular flexibility index (Phi) is 4.62. The molecule has 3 rings (SSSR count). The lowest BCUT2D eigenvalue weighted by molar-refractivity contribution is -0.380. The molecule has 2 saturated heterocycles. The first-order valence-electron chi connectivity index (χ1n) is 6.43. The van der Waals surface area contributed by atoms with Crippen LogP contribution in [0, 0.1) is 10.1 Å². The molecule has 0 aliphatic carbocycles. The zero-order valence-electron chi connectivity index (χ0n) is 10.8. The molecule has 20 heavy (non-hydrogen) atoms. The van der Waals surface area contributed by atoms with E-state index in [1.54, 1.807) is 5.38 Å². The van der Waals surface area contributed by atoms with Gasteiger partial charge in [0.15, 0.2) is 0 Å². The molecule has 1 aromatic rings. The number of nitrogens with one attached hydrogen (secondary N) is 1. The highest BCUT2D eigenvalue weighted by molar-refractivity contribution is 7.13. The number of carbonyl (C=O) groups is 1. The van der Waals surface area contributed by atoms with Crippen molar-refractivity contribution in [3.8, 4) is 0 Å². The lowest BCUT2D eigenvalue weighted by atomic mass is 10.1. The molecule has 6 nitrogen and oxygen atoms in total. The second-order valence-electron chi connectivity index (χ2n) is 5.02. The van der Waals surface area contributed by atoms with Crippen molar-refractivity contribution in [1.29, 1.82) is 0 Å². The van der Waals surface area contributed by atoms with Gasteiger partial charge in [-0.15, -0.1) is 12.4 Å². The fraction of sp³-hybridized carbons (Fsp3) is 0.583. The second-order valence-corrected chi connectivity index (χ2v) is 5.91. The van der Waals surface area contributed by atoms with Gasteiger partial charge < -0.3 is 10.2 Å². The number of thiophene rings is 1. The number of fused-ring (bicyclic) bond motifs is 2. The van der Waals surface area contributed by atoms with E-state index in [0.717, 1.165) is 43.7 Å². The number of halogens is 1. The smallest absolute Gasteiger partial charge is 0.324 e. The van der Waals surface area contributed by atoms with Gasteiger partial charge in [0.25, 0.3) is 5.91 Å². The molecule has 0 aromatic carbocycles. The van der Waals surface area contributed by atoms with Gasteiger partial charge in [-0.2, -0.15) is 0 Å². The van der Waals surface area contributed by atoms with Crippen LogP contribution in [-0.4, -0.2) is 40.9 Å². The molecule has 2 atom stereocenters. The lowest BCUT2D eigenvalue weighted by Gasteiger charge is -2.27. The summed E-state index contributed by atoms with van der Waals surface area (Å²) in [5.41, 5.74) is 0.454. The standard InChI is InChI=1S/C12H15N3O3S.ClH/c16-12(8-5-11(15(17)18)19-7-8)14-9-1-2-10(14)6-13-4-3-9;/h5,7,9-10,13H,1-4,6H2;1H. The Bertz CT molecular complexity index is 508. The summed E-state index contributed by atoms with van der Waals surface area (Å²) in [6, 6.07) is 1.91. The van der Waals surface area contributed by atoms with E-state index in [1.165, 1.54) is 6.07 Å². The van der Waals surface area contributed by atoms with E-state index in [-0.39, 0.29) is 35.4 Å². The van der Waals surface area contributed by atoms with Gasteiger partial charge in [0.05, 0.1) is 10.5 Å². The molecule has 2 unspecified atom stereocenters. The molecule has 8 heteroatoms. The van der Waals surface area contributed by atoms with Gasteiger partial charge in [-0.3, -0.25) is 14.9 Å². The van der Waals surface area contributed by atoms with E-state index in [2.05, 4.69) is 5.32 Å². The Balaban J connectivity index is 0.00000147. The van der Waals surface area contributed by atoms with Gasteiger partial charge in [-0.25, -0.2) is 0 Å². The Labute approximate surface area is 126 Å². The molecule has 2 aliphatic heterocycles. The first kappa shape index (κ1) is 15.2. The lowest BCUT2D eigenvalue weighted by Crippen LogP contribution is -2.42. The molecule has 2 bridgehead atoms. The van der Waals surface area contributed by atoms with Crippen LogP contribution in [0.3, 0.4) is 0 Å². The fourth-order valence-electron chi connectivity index (χ4n) is 3.00. The summed E-state index contributed by atoms with van der Waals surface area (Å²) in [5.74, 6) is -0.0550. The Morgan fingerprint density at radius 3 is 2.85 bits per heavy atom. The maximum absolute atomic E-state index is 12.5. The van der Waals surface area contributed by atoms with Gasteiger partial charge in [-0.05, 0) is 25.8 Å². The maximum Gasteiger partial charge on any atom is 0.324 e. The second kappa shape index (κ2) is 6.07. The topological polar surface area (TPSA) is 75.5 Å². The number of nitrogens with zero attached hydrogens (tertiary/aromatic N) is 2. The predicted molar refractivity (Wildman–Crippen MR) is 78.7 cm³/mol. The molecular weight excluding hydrogens is 302 g/mol. The molecule has 0 spiro atoms. The molecule has 1 aromatic heterocycles. The molecular formula is C12H16ClN3O3S. The summed E-state index contributed by atoms with van der Waals surface area (Å²) in [4.78, 5) is 24.7. The van der Waals surface area contributed by atoms with E-state index in [0.29, 0.717) is 5.56 Å². The van der Waals surface area contributed by atoms with Gasteiger partial charge in [0.2, 0.25) is 0 Å². The van der Waals surface area contributed by atoms with E-state index in [9.17, 15) is 14.9 Å². The van der Waals surface area contributed by atoms with Crippen molar-refractivity contribution >= 4 is 34.7 Å². The van der Waals surface area contributed by atoms with Crippen LogP contribution in [0.1, 0.15) is 29.6 Å². The van der Waals surface area contributed by atoms with Crippen LogP contribution in [0.25, 0.3) is 0 Å². The quantitative estimate of drug-likeness (QED) is 0.669. The van der Waals surface area contributed by atoms with Crippen molar-refractivity contribution in [3.63, 3.8) is 0 Å². The van der Waals surface area contributed by atoms with Crippen LogP contribution in [0.15, 0.2) is 11.4 Å². The molecule has 1 N–H and O–H groups in total. The summed E-state index contributed by atoms with van der Waals surface area (Å²) in [5, 5.41) is 15.7. The number of hydrogen-bond donors (Lipinski definition) is 1. The van der Waals surface area contributed by atoms with Crippen LogP contribution in [0.2, 0.25) is 0 Å². The molecule has 2 aliphatic rings. The van der Waals surface area contributed by atoms with Crippen LogP contribution in [0.5, 0.6) is 0 Å². The highest BCUT2D eigenvalue weighted by Crippen LogP contribution is 2.31. The van der Waals surface area contributed by atoms with Crippen LogP contribution in [0.4, 0.5) is 5.00 Å². The normalized spacial score (nSPS) is 24.9. The SMILES string of the molecule is Cl.O=C(c1csc([N+](=O)[O-])c1)N1C2CCNCC1CC2. The summed E-state index contributed by atoms with van der Waals surface area (Å²) >= 11 is 1.02. The molecule has 110 valence electrons. The van der Waals surface area contributed by atoms with Crippen molar-refractivity contribution < 1.29 is 9.72 Å². The van der Waals surface area contributed by atoms with Crippen molar-refractivity contribution in [1.82, 2.24) is 10.2 Å². The third kappa shape index (κ3) is 2.65. The van der Waals surface area contributed by atoms with E-state index in [1.807, 2.05) is 4.90 Å². The number of amides is 1. The van der Waals surface area contributed by atoms with Crippen LogP contribution >= 0.6 is 23.7 Å². The zero-order chi connectivity index (χ0) is 13.4. The van der Waals surface area contributed by atoms with E-state index < -0.39 is 4.92 Å². The highest BCUT2D eigenvalue weighted by atomic mass is 35.5. The van der Waals surface area contributed by atoms with Gasteiger partial charge >= 0.3 is 5.00 Å². The van der Waals surface area contributed by atoms with Crippen molar-refractivity contribution in [2.24, 2.45) is 0 Å². The van der Waals surface area contributed by atoms with Crippen molar-refractivity contribution in [3.05, 3.63) is 27.1 Å². The minimum atomic E-state index is -0.444. The van der Waals surface area contributed by atoms with Gasteiger partial charge in [-0.1, -0.05) is 11.3 Å². The third-order valence-electron chi connectivity index (χ3n) is 3.90. The van der Waals surface area contributed by atoms with E-state index >= 15 is 0 Å².